The fraction of sp³-hybridized carbons (Fsp3) is 0.300. The molecule has 3 aromatic rings. The zero-order valence-corrected chi connectivity index (χ0v) is 15.1. The second kappa shape index (κ2) is 7.07. The SMILES string of the molecule is Cc1nn(C)c(C)c1NC(=O)CN[C@H](C)c1cccc2ccccc12. The van der Waals surface area contributed by atoms with Gasteiger partial charge in [-0.15, -0.1) is 0 Å². The molecule has 25 heavy (non-hydrogen) atoms. The van der Waals surface area contributed by atoms with E-state index in [2.05, 4.69) is 53.0 Å². The van der Waals surface area contributed by atoms with Crippen molar-refractivity contribution in [1.29, 1.82) is 0 Å². The molecule has 2 N–H and O–H groups in total. The maximum absolute atomic E-state index is 12.3. The fourth-order valence-corrected chi connectivity index (χ4v) is 3.12. The molecule has 1 atom stereocenters. The molecule has 130 valence electrons. The van der Waals surface area contributed by atoms with Crippen LogP contribution in [0.4, 0.5) is 5.69 Å². The van der Waals surface area contributed by atoms with Crippen molar-refractivity contribution < 1.29 is 4.79 Å². The molecule has 0 saturated heterocycles. The summed E-state index contributed by atoms with van der Waals surface area (Å²) in [5.41, 5.74) is 3.77. The van der Waals surface area contributed by atoms with Gasteiger partial charge in [0.05, 0.1) is 23.6 Å². The zero-order valence-electron chi connectivity index (χ0n) is 15.1. The number of hydrogen-bond donors (Lipinski definition) is 2. The van der Waals surface area contributed by atoms with Crippen LogP contribution in [0, 0.1) is 13.8 Å². The average molecular weight is 336 g/mol. The Kier molecular flexibility index (Phi) is 4.86. The molecule has 0 aliphatic heterocycles. The Labute approximate surface area is 148 Å². The van der Waals surface area contributed by atoms with Gasteiger partial charge in [0.2, 0.25) is 5.91 Å². The molecular formula is C20H24N4O. The van der Waals surface area contributed by atoms with E-state index in [9.17, 15) is 4.79 Å². The first-order valence-corrected chi connectivity index (χ1v) is 8.48. The van der Waals surface area contributed by atoms with Crippen molar-refractivity contribution in [1.82, 2.24) is 15.1 Å². The second-order valence-electron chi connectivity index (χ2n) is 6.39. The Morgan fingerprint density at radius 2 is 1.88 bits per heavy atom. The van der Waals surface area contributed by atoms with E-state index >= 15 is 0 Å². The molecule has 0 unspecified atom stereocenters. The van der Waals surface area contributed by atoms with Crippen LogP contribution in [0.2, 0.25) is 0 Å². The quantitative estimate of drug-likeness (QED) is 0.750. The van der Waals surface area contributed by atoms with Gasteiger partial charge < -0.3 is 10.6 Å². The summed E-state index contributed by atoms with van der Waals surface area (Å²) in [4.78, 5) is 12.3. The van der Waals surface area contributed by atoms with E-state index in [-0.39, 0.29) is 18.5 Å². The van der Waals surface area contributed by atoms with E-state index in [4.69, 9.17) is 0 Å². The first kappa shape index (κ1) is 17.2. The second-order valence-corrected chi connectivity index (χ2v) is 6.39. The summed E-state index contributed by atoms with van der Waals surface area (Å²) >= 11 is 0. The average Bonchev–Trinajstić information content (AvgIpc) is 2.85. The number of amides is 1. The molecule has 0 aliphatic rings. The standard InChI is InChI=1S/C20H24N4O/c1-13(17-11-7-9-16-8-5-6-10-18(16)17)21-12-19(25)22-20-14(2)23-24(4)15(20)3/h5-11,13,21H,12H2,1-4H3,(H,22,25)/t13-/m1/s1. The van der Waals surface area contributed by atoms with Crippen LogP contribution in [-0.4, -0.2) is 22.2 Å². The molecule has 0 saturated carbocycles. The number of fused-ring (bicyclic) bond motifs is 1. The summed E-state index contributed by atoms with van der Waals surface area (Å²) in [7, 11) is 1.87. The molecule has 1 heterocycles. The number of carbonyl (C=O) groups is 1. The lowest BCUT2D eigenvalue weighted by Gasteiger charge is -2.16. The topological polar surface area (TPSA) is 59.0 Å². The molecule has 0 fully saturated rings. The highest BCUT2D eigenvalue weighted by atomic mass is 16.1. The molecule has 3 rings (SSSR count). The first-order chi connectivity index (χ1) is 12.0. The van der Waals surface area contributed by atoms with E-state index in [0.717, 1.165) is 17.1 Å². The number of rotatable bonds is 5. The lowest BCUT2D eigenvalue weighted by Crippen LogP contribution is -2.30. The Hall–Kier alpha value is -2.66. The highest BCUT2D eigenvalue weighted by molar-refractivity contribution is 5.93. The van der Waals surface area contributed by atoms with Gasteiger partial charge in [-0.3, -0.25) is 9.48 Å². The normalized spacial score (nSPS) is 12.3. The Balaban J connectivity index is 1.67. The Bertz CT molecular complexity index is 908. The lowest BCUT2D eigenvalue weighted by molar-refractivity contribution is -0.115. The number of benzene rings is 2. The smallest absolute Gasteiger partial charge is 0.238 e. The van der Waals surface area contributed by atoms with Crippen LogP contribution in [0.15, 0.2) is 42.5 Å². The van der Waals surface area contributed by atoms with E-state index in [0.29, 0.717) is 0 Å². The Morgan fingerprint density at radius 3 is 2.60 bits per heavy atom. The molecule has 0 aliphatic carbocycles. The van der Waals surface area contributed by atoms with E-state index in [1.165, 1.54) is 16.3 Å². The van der Waals surface area contributed by atoms with Crippen molar-refractivity contribution in [2.45, 2.75) is 26.8 Å². The highest BCUT2D eigenvalue weighted by Crippen LogP contribution is 2.24. The van der Waals surface area contributed by atoms with Crippen LogP contribution < -0.4 is 10.6 Å². The minimum absolute atomic E-state index is 0.0636. The summed E-state index contributed by atoms with van der Waals surface area (Å²) in [6, 6.07) is 14.6. The van der Waals surface area contributed by atoms with Gasteiger partial charge in [0.25, 0.3) is 0 Å². The van der Waals surface area contributed by atoms with Gasteiger partial charge in [0.1, 0.15) is 0 Å². The first-order valence-electron chi connectivity index (χ1n) is 8.48. The fourth-order valence-electron chi connectivity index (χ4n) is 3.12. The van der Waals surface area contributed by atoms with Crippen molar-refractivity contribution in [3.63, 3.8) is 0 Å². The van der Waals surface area contributed by atoms with E-state index in [1.807, 2.05) is 33.0 Å². The summed E-state index contributed by atoms with van der Waals surface area (Å²) in [6.07, 6.45) is 0. The van der Waals surface area contributed by atoms with E-state index < -0.39 is 0 Å². The van der Waals surface area contributed by atoms with Gasteiger partial charge in [-0.25, -0.2) is 0 Å². The monoisotopic (exact) mass is 336 g/mol. The number of nitrogens with one attached hydrogen (secondary N) is 2. The van der Waals surface area contributed by atoms with Gasteiger partial charge in [-0.2, -0.15) is 5.10 Å². The third-order valence-corrected chi connectivity index (χ3v) is 4.63. The molecule has 2 aromatic carbocycles. The van der Waals surface area contributed by atoms with Crippen molar-refractivity contribution in [2.75, 3.05) is 11.9 Å². The summed E-state index contributed by atoms with van der Waals surface area (Å²) < 4.78 is 1.77. The summed E-state index contributed by atoms with van der Waals surface area (Å²) in [6.45, 7) is 6.17. The van der Waals surface area contributed by atoms with Crippen LogP contribution in [-0.2, 0) is 11.8 Å². The van der Waals surface area contributed by atoms with Crippen molar-refractivity contribution >= 4 is 22.4 Å². The third-order valence-electron chi connectivity index (χ3n) is 4.63. The third kappa shape index (κ3) is 3.56. The Morgan fingerprint density at radius 1 is 1.16 bits per heavy atom. The van der Waals surface area contributed by atoms with Crippen LogP contribution in [0.1, 0.15) is 29.9 Å². The number of hydrogen-bond acceptors (Lipinski definition) is 3. The minimum Gasteiger partial charge on any atom is -0.322 e. The summed E-state index contributed by atoms with van der Waals surface area (Å²) in [5, 5.41) is 13.0. The minimum atomic E-state index is -0.0636. The van der Waals surface area contributed by atoms with E-state index in [1.54, 1.807) is 4.68 Å². The molecule has 0 bridgehead atoms. The predicted octanol–water partition coefficient (Wildman–Crippen LogP) is 3.48. The molecular weight excluding hydrogens is 312 g/mol. The molecule has 5 nitrogen and oxygen atoms in total. The van der Waals surface area contributed by atoms with Gasteiger partial charge >= 0.3 is 0 Å². The largest absolute Gasteiger partial charge is 0.322 e. The highest BCUT2D eigenvalue weighted by Gasteiger charge is 2.14. The maximum atomic E-state index is 12.3. The van der Waals surface area contributed by atoms with Crippen LogP contribution in [0.25, 0.3) is 10.8 Å². The predicted molar refractivity (Wildman–Crippen MR) is 102 cm³/mol. The lowest BCUT2D eigenvalue weighted by atomic mass is 10.00. The molecule has 0 radical (unpaired) electrons. The summed E-state index contributed by atoms with van der Waals surface area (Å²) in [5.74, 6) is -0.0636. The zero-order chi connectivity index (χ0) is 18.0. The molecule has 1 amide bonds. The number of anilines is 1. The maximum Gasteiger partial charge on any atom is 0.238 e. The van der Waals surface area contributed by atoms with Crippen LogP contribution in [0.5, 0.6) is 0 Å². The van der Waals surface area contributed by atoms with Gasteiger partial charge in [0.15, 0.2) is 0 Å². The van der Waals surface area contributed by atoms with Crippen LogP contribution >= 0.6 is 0 Å². The van der Waals surface area contributed by atoms with Crippen molar-refractivity contribution in [2.24, 2.45) is 7.05 Å². The van der Waals surface area contributed by atoms with Gasteiger partial charge in [0, 0.05) is 13.1 Å². The molecule has 1 aromatic heterocycles. The van der Waals surface area contributed by atoms with Gasteiger partial charge in [-0.05, 0) is 37.1 Å². The van der Waals surface area contributed by atoms with Crippen molar-refractivity contribution in [3.05, 3.63) is 59.4 Å². The number of aromatic nitrogens is 2. The van der Waals surface area contributed by atoms with Crippen molar-refractivity contribution in [3.8, 4) is 0 Å². The number of aryl methyl sites for hydroxylation is 2. The van der Waals surface area contributed by atoms with Crippen LogP contribution in [0.3, 0.4) is 0 Å². The molecule has 5 heteroatoms. The number of carbonyl (C=O) groups excluding carboxylic acids is 1. The number of nitrogens with zero attached hydrogens (tertiary/aromatic N) is 2. The molecule has 0 spiro atoms. The van der Waals surface area contributed by atoms with Gasteiger partial charge in [-0.1, -0.05) is 42.5 Å².